The number of aromatic nitrogens is 2. The summed E-state index contributed by atoms with van der Waals surface area (Å²) in [5, 5.41) is 0.796. The van der Waals surface area contributed by atoms with E-state index < -0.39 is 6.89 Å². The van der Waals surface area contributed by atoms with E-state index in [9.17, 15) is 4.79 Å². The average molecular weight is 398 g/mol. The Morgan fingerprint density at radius 3 is 2.64 bits per heavy atom. The Morgan fingerprint density at radius 1 is 1.28 bits per heavy atom. The van der Waals surface area contributed by atoms with Gasteiger partial charge in [-0.15, -0.1) is 13.2 Å². The number of rotatable bonds is 4. The smallest absolute Gasteiger partial charge is 0.256 e. The maximum atomic E-state index is 12.2. The molecule has 0 atom stereocenters. The summed E-state index contributed by atoms with van der Waals surface area (Å²) in [6, 6.07) is 4.07. The normalized spacial score (nSPS) is 15.4. The maximum Gasteiger partial charge on any atom is 0.325 e. The lowest BCUT2D eigenvalue weighted by Gasteiger charge is -2.16. The third kappa shape index (κ3) is 4.39. The van der Waals surface area contributed by atoms with Gasteiger partial charge in [-0.1, -0.05) is 11.6 Å². The molecule has 0 bridgehead atoms. The predicted octanol–water partition coefficient (Wildman–Crippen LogP) is 3.95. The van der Waals surface area contributed by atoms with E-state index in [2.05, 4.69) is 25.7 Å². The zero-order valence-corrected chi connectivity index (χ0v) is 17.6. The molecule has 2 aromatic rings. The molecular weight excluding hydrogens is 373 g/mol. The van der Waals surface area contributed by atoms with E-state index in [0.717, 1.165) is 65.2 Å². The van der Waals surface area contributed by atoms with Crippen LogP contribution in [0.1, 0.15) is 24.0 Å². The van der Waals surface area contributed by atoms with Crippen LogP contribution in [-0.2, 0) is 19.5 Å². The van der Waals surface area contributed by atoms with Crippen molar-refractivity contribution in [1.29, 1.82) is 0 Å². The Bertz CT molecular complexity index is 964. The Balaban J connectivity index is 2.03. The van der Waals surface area contributed by atoms with Crippen molar-refractivity contribution in [2.24, 2.45) is 4.99 Å². The first-order valence-corrected chi connectivity index (χ1v) is 12.8. The Kier molecular flexibility index (Phi) is 5.48. The van der Waals surface area contributed by atoms with Crippen molar-refractivity contribution in [2.75, 3.05) is 19.5 Å². The van der Waals surface area contributed by atoms with Gasteiger partial charge in [0, 0.05) is 18.1 Å². The number of hydrogen-bond donors (Lipinski definition) is 0. The summed E-state index contributed by atoms with van der Waals surface area (Å²) in [6.45, 7) is 7.05. The van der Waals surface area contributed by atoms with E-state index in [1.165, 1.54) is 11.3 Å². The second-order valence-electron chi connectivity index (χ2n) is 7.36. The topological polar surface area (TPSA) is 39.3 Å². The van der Waals surface area contributed by atoms with Crippen molar-refractivity contribution in [3.63, 3.8) is 0 Å². The molecule has 0 saturated carbocycles. The number of nitrogens with zero attached hydrogens (tertiary/aromatic N) is 3. The summed E-state index contributed by atoms with van der Waals surface area (Å²) in [5.74, 6) is 0. The third-order valence-corrected chi connectivity index (χ3v) is 7.12. The second kappa shape index (κ2) is 7.30. The maximum absolute atomic E-state index is 12.2. The fourth-order valence-corrected chi connectivity index (χ4v) is 5.01. The van der Waals surface area contributed by atoms with Crippen LogP contribution < -0.4 is 9.67 Å². The Hall–Kier alpha value is -1.03. The first-order valence-electron chi connectivity index (χ1n) is 8.56. The number of fused-ring (bicyclic) bond motifs is 1. The molecule has 0 unspecified atom stereocenters. The number of hydrogen-bond acceptors (Lipinski definition) is 3. The molecule has 1 aliphatic rings. The molecule has 0 saturated heterocycles. The monoisotopic (exact) mass is 397 g/mol. The minimum absolute atomic E-state index is 0.0777. The molecule has 1 aliphatic heterocycles. The molecule has 0 spiro atoms. The van der Waals surface area contributed by atoms with E-state index in [4.69, 9.17) is 16.6 Å². The summed E-state index contributed by atoms with van der Waals surface area (Å²) < 4.78 is 3.84. The van der Waals surface area contributed by atoms with Crippen molar-refractivity contribution in [3.8, 4) is 0 Å². The van der Waals surface area contributed by atoms with Crippen molar-refractivity contribution < 1.29 is 0 Å². The quantitative estimate of drug-likeness (QED) is 0.720. The standard InChI is InChI=1S/C18H25ClN3OPS/c1-13-11-15(19)14(7-10-24(2,3)4)12-16(13)20-17-21-8-5-6-9-22(21)18(23)25-17/h11-12H,2,5-10H2,1,3-4H3. The highest BCUT2D eigenvalue weighted by Gasteiger charge is 2.14. The fraction of sp³-hybridized carbons (Fsp3) is 0.500. The van der Waals surface area contributed by atoms with Crippen LogP contribution in [0.5, 0.6) is 0 Å². The minimum atomic E-state index is -1.09. The lowest BCUT2D eigenvalue weighted by Crippen LogP contribution is -2.31. The van der Waals surface area contributed by atoms with Gasteiger partial charge in [0.1, 0.15) is 0 Å². The van der Waals surface area contributed by atoms with Crippen molar-refractivity contribution >= 4 is 41.8 Å². The molecule has 0 radical (unpaired) electrons. The van der Waals surface area contributed by atoms with Gasteiger partial charge in [-0.3, -0.25) is 9.48 Å². The van der Waals surface area contributed by atoms with Crippen LogP contribution in [0, 0.1) is 6.92 Å². The SMILES string of the molecule is C=P(C)(C)CCc1cc(N=c2sc(=O)n3n2CCCC3)c(C)cc1Cl. The first-order chi connectivity index (χ1) is 11.7. The van der Waals surface area contributed by atoms with Gasteiger partial charge in [-0.05, 0) is 80.3 Å². The molecule has 1 aromatic carbocycles. The largest absolute Gasteiger partial charge is 0.325 e. The summed E-state index contributed by atoms with van der Waals surface area (Å²) >= 11 is 7.67. The van der Waals surface area contributed by atoms with Gasteiger partial charge in [0.05, 0.1) is 5.69 Å². The van der Waals surface area contributed by atoms with Crippen molar-refractivity contribution in [1.82, 2.24) is 9.36 Å². The van der Waals surface area contributed by atoms with Crippen LogP contribution in [-0.4, -0.2) is 35.2 Å². The molecule has 4 nitrogen and oxygen atoms in total. The molecule has 3 rings (SSSR count). The second-order valence-corrected chi connectivity index (χ2v) is 13.0. The van der Waals surface area contributed by atoms with Gasteiger partial charge in [-0.2, -0.15) is 0 Å². The summed E-state index contributed by atoms with van der Waals surface area (Å²) in [4.78, 5) is 17.8. The molecular formula is C18H25ClN3OPS. The van der Waals surface area contributed by atoms with Gasteiger partial charge in [-0.25, -0.2) is 9.67 Å². The molecule has 0 fully saturated rings. The van der Waals surface area contributed by atoms with E-state index in [-0.39, 0.29) is 4.87 Å². The van der Waals surface area contributed by atoms with Gasteiger partial charge >= 0.3 is 4.87 Å². The lowest BCUT2D eigenvalue weighted by molar-refractivity contribution is 0.345. The fourth-order valence-electron chi connectivity index (χ4n) is 2.96. The van der Waals surface area contributed by atoms with E-state index >= 15 is 0 Å². The van der Waals surface area contributed by atoms with Crippen molar-refractivity contribution in [3.05, 3.63) is 42.8 Å². The summed E-state index contributed by atoms with van der Waals surface area (Å²) in [5.41, 5.74) is 3.06. The van der Waals surface area contributed by atoms with E-state index in [1.54, 1.807) is 0 Å². The zero-order chi connectivity index (χ0) is 18.2. The highest BCUT2D eigenvalue weighted by atomic mass is 35.5. The summed E-state index contributed by atoms with van der Waals surface area (Å²) in [6.07, 6.45) is 8.42. The van der Waals surface area contributed by atoms with Crippen molar-refractivity contribution in [2.45, 2.75) is 39.3 Å². The van der Waals surface area contributed by atoms with E-state index in [1.807, 2.05) is 22.4 Å². The molecule has 7 heteroatoms. The molecule has 25 heavy (non-hydrogen) atoms. The van der Waals surface area contributed by atoms with Crippen LogP contribution >= 0.6 is 29.8 Å². The van der Waals surface area contributed by atoms with Gasteiger partial charge in [0.25, 0.3) is 0 Å². The van der Waals surface area contributed by atoms with Crippen LogP contribution in [0.2, 0.25) is 5.02 Å². The van der Waals surface area contributed by atoms with Crippen LogP contribution in [0.4, 0.5) is 5.69 Å². The Morgan fingerprint density at radius 2 is 1.96 bits per heavy atom. The van der Waals surface area contributed by atoms with Crippen LogP contribution in [0.15, 0.2) is 21.9 Å². The minimum Gasteiger partial charge on any atom is -0.256 e. The molecule has 0 aliphatic carbocycles. The molecule has 136 valence electrons. The summed E-state index contributed by atoms with van der Waals surface area (Å²) in [7, 11) is 0. The first kappa shape index (κ1) is 18.8. The molecule has 2 heterocycles. The predicted molar refractivity (Wildman–Crippen MR) is 112 cm³/mol. The highest BCUT2D eigenvalue weighted by molar-refractivity contribution is 7.72. The Labute approximate surface area is 157 Å². The number of benzene rings is 1. The molecule has 1 aromatic heterocycles. The zero-order valence-electron chi connectivity index (χ0n) is 15.1. The van der Waals surface area contributed by atoms with Gasteiger partial charge in [0.2, 0.25) is 4.80 Å². The molecule has 0 amide bonds. The van der Waals surface area contributed by atoms with Gasteiger partial charge < -0.3 is 0 Å². The number of halogens is 1. The lowest BCUT2D eigenvalue weighted by atomic mass is 10.1. The third-order valence-electron chi connectivity index (χ3n) is 4.46. The molecule has 0 N–H and O–H groups in total. The highest BCUT2D eigenvalue weighted by Crippen LogP contribution is 2.37. The van der Waals surface area contributed by atoms with Crippen LogP contribution in [0.3, 0.4) is 0 Å². The number of aryl methyl sites for hydroxylation is 2. The van der Waals surface area contributed by atoms with Crippen LogP contribution in [0.25, 0.3) is 0 Å². The average Bonchev–Trinajstić information content (AvgIpc) is 2.85. The van der Waals surface area contributed by atoms with Gasteiger partial charge in [0.15, 0.2) is 0 Å². The van der Waals surface area contributed by atoms with E-state index in [0.29, 0.717) is 0 Å².